The number of hydrogen-bond donors (Lipinski definition) is 0. The lowest BCUT2D eigenvalue weighted by Crippen LogP contribution is -2.30. The van der Waals surface area contributed by atoms with Gasteiger partial charge in [-0.3, -0.25) is 0 Å². The summed E-state index contributed by atoms with van der Waals surface area (Å²) in [6.45, 7) is 7.25. The summed E-state index contributed by atoms with van der Waals surface area (Å²) in [7, 11) is -2.46. The van der Waals surface area contributed by atoms with Crippen molar-refractivity contribution in [3.8, 4) is 5.75 Å². The minimum atomic E-state index is -2.46. The molecular formula is C15H20Cl2O4P+. The number of carbonyl (C=O) groups excluding carboxylic acids is 1. The van der Waals surface area contributed by atoms with Gasteiger partial charge in [0.05, 0.1) is 12.2 Å². The lowest BCUT2D eigenvalue weighted by molar-refractivity contribution is -0.147. The second-order valence-corrected chi connectivity index (χ2v) is 8.69. The minimum Gasteiger partial charge on any atom is -0.486 e. The van der Waals surface area contributed by atoms with Crippen molar-refractivity contribution in [1.29, 1.82) is 0 Å². The lowest BCUT2D eigenvalue weighted by atomic mass is 10.3. The van der Waals surface area contributed by atoms with Gasteiger partial charge in [-0.2, -0.15) is 0 Å². The molecule has 122 valence electrons. The largest absolute Gasteiger partial charge is 0.486 e. The van der Waals surface area contributed by atoms with E-state index in [1.165, 1.54) is 0 Å². The predicted molar refractivity (Wildman–Crippen MR) is 89.7 cm³/mol. The minimum absolute atomic E-state index is 0.114. The first-order chi connectivity index (χ1) is 10.2. The third-order valence-electron chi connectivity index (χ3n) is 2.83. The van der Waals surface area contributed by atoms with Crippen LogP contribution in [0, 0.1) is 0 Å². The van der Waals surface area contributed by atoms with E-state index in [0.29, 0.717) is 12.2 Å². The summed E-state index contributed by atoms with van der Waals surface area (Å²) in [5.74, 6) is -0.522. The average molecular weight is 366 g/mol. The number of halogens is 2. The van der Waals surface area contributed by atoms with Crippen molar-refractivity contribution in [2.45, 2.75) is 50.4 Å². The molecule has 7 heteroatoms. The third-order valence-corrected chi connectivity index (χ3v) is 5.56. The van der Waals surface area contributed by atoms with Gasteiger partial charge in [0, 0.05) is 0 Å². The van der Waals surface area contributed by atoms with E-state index in [-0.39, 0.29) is 17.5 Å². The molecule has 0 heterocycles. The van der Waals surface area contributed by atoms with Crippen molar-refractivity contribution in [3.63, 3.8) is 0 Å². The highest BCUT2D eigenvalue weighted by atomic mass is 35.5. The smallest absolute Gasteiger partial charge is 0.432 e. The van der Waals surface area contributed by atoms with Gasteiger partial charge in [-0.25, -0.2) is 4.79 Å². The quantitative estimate of drug-likeness (QED) is 0.408. The second kappa shape index (κ2) is 8.14. The van der Waals surface area contributed by atoms with Gasteiger partial charge in [0.25, 0.3) is 0 Å². The first-order valence-electron chi connectivity index (χ1n) is 7.02. The standard InChI is InChI=1S/C15H20Cl2O4P/c1-5-11(4)21-14(18)15(16,17)22(19)13-9-7-6-8-12(13)20-10(2)3/h6-11H,5H2,1-4H3/q+1. The highest BCUT2D eigenvalue weighted by Crippen LogP contribution is 2.48. The van der Waals surface area contributed by atoms with Gasteiger partial charge in [-0.05, 0) is 62.5 Å². The topological polar surface area (TPSA) is 52.6 Å². The molecule has 1 rings (SSSR count). The van der Waals surface area contributed by atoms with E-state index in [4.69, 9.17) is 32.7 Å². The first-order valence-corrected chi connectivity index (χ1v) is 9.03. The van der Waals surface area contributed by atoms with E-state index in [1.807, 2.05) is 20.8 Å². The van der Waals surface area contributed by atoms with Crippen LogP contribution in [0.3, 0.4) is 0 Å². The normalized spacial score (nSPS) is 13.7. The summed E-state index contributed by atoms with van der Waals surface area (Å²) >= 11 is 12.1. The fourth-order valence-corrected chi connectivity index (χ4v) is 3.26. The summed E-state index contributed by atoms with van der Waals surface area (Å²) in [4.78, 5) is 12.1. The van der Waals surface area contributed by atoms with Crippen molar-refractivity contribution in [1.82, 2.24) is 0 Å². The van der Waals surface area contributed by atoms with E-state index in [0.717, 1.165) is 0 Å². The lowest BCUT2D eigenvalue weighted by Gasteiger charge is -2.15. The maximum absolute atomic E-state index is 12.7. The van der Waals surface area contributed by atoms with Crippen LogP contribution in [0.1, 0.15) is 34.1 Å². The summed E-state index contributed by atoms with van der Waals surface area (Å²) in [5, 5.41) is 0.289. The van der Waals surface area contributed by atoms with Gasteiger partial charge in [-0.15, -0.1) is 0 Å². The van der Waals surface area contributed by atoms with Gasteiger partial charge < -0.3 is 9.47 Å². The molecule has 0 aliphatic rings. The molecule has 0 saturated carbocycles. The van der Waals surface area contributed by atoms with Crippen molar-refractivity contribution < 1.29 is 18.8 Å². The Morgan fingerprint density at radius 3 is 2.41 bits per heavy atom. The molecule has 0 saturated heterocycles. The number of alkyl halides is 2. The molecule has 0 radical (unpaired) electrons. The number of rotatable bonds is 7. The van der Waals surface area contributed by atoms with E-state index in [9.17, 15) is 9.36 Å². The highest BCUT2D eigenvalue weighted by molar-refractivity contribution is 7.61. The maximum Gasteiger partial charge on any atom is 0.432 e. The summed E-state index contributed by atoms with van der Waals surface area (Å²) < 4.78 is 21.2. The van der Waals surface area contributed by atoms with Crippen LogP contribution in [0.25, 0.3) is 0 Å². The second-order valence-electron chi connectivity index (χ2n) is 5.09. The molecule has 2 unspecified atom stereocenters. The van der Waals surface area contributed by atoms with Crippen LogP contribution in [-0.4, -0.2) is 22.3 Å². The molecule has 0 amide bonds. The van der Waals surface area contributed by atoms with Crippen LogP contribution in [0.15, 0.2) is 24.3 Å². The van der Waals surface area contributed by atoms with E-state index in [2.05, 4.69) is 0 Å². The Balaban J connectivity index is 3.06. The van der Waals surface area contributed by atoms with Crippen molar-refractivity contribution in [2.24, 2.45) is 0 Å². The molecule has 0 aliphatic heterocycles. The maximum atomic E-state index is 12.7. The molecule has 4 nitrogen and oxygen atoms in total. The Hall–Kier alpha value is -0.830. The number of para-hydroxylation sites is 1. The Kier molecular flexibility index (Phi) is 7.11. The van der Waals surface area contributed by atoms with Crippen LogP contribution in [0.4, 0.5) is 0 Å². The van der Waals surface area contributed by atoms with Crippen molar-refractivity contribution >= 4 is 42.3 Å². The SMILES string of the molecule is CCC(C)OC(=O)C(Cl)(Cl)[P+](=O)c1ccccc1OC(C)C. The van der Waals surface area contributed by atoms with Crippen molar-refractivity contribution in [2.75, 3.05) is 0 Å². The van der Waals surface area contributed by atoms with Gasteiger partial charge in [0.2, 0.25) is 5.30 Å². The van der Waals surface area contributed by atoms with Crippen LogP contribution >= 0.6 is 31.0 Å². The predicted octanol–water partition coefficient (Wildman–Crippen LogP) is 4.40. The molecule has 0 fully saturated rings. The Bertz CT molecular complexity index is 546. The average Bonchev–Trinajstić information content (AvgIpc) is 2.46. The van der Waals surface area contributed by atoms with E-state index in [1.54, 1.807) is 31.2 Å². The molecule has 1 aromatic rings. The van der Waals surface area contributed by atoms with Crippen LogP contribution in [0.2, 0.25) is 0 Å². The third kappa shape index (κ3) is 4.84. The molecular weight excluding hydrogens is 346 g/mol. The molecule has 0 spiro atoms. The Morgan fingerprint density at radius 1 is 1.27 bits per heavy atom. The van der Waals surface area contributed by atoms with Gasteiger partial charge in [0.15, 0.2) is 5.75 Å². The molecule has 0 bridgehead atoms. The molecule has 1 aromatic carbocycles. The zero-order valence-electron chi connectivity index (χ0n) is 13.0. The molecule has 0 aromatic heterocycles. The summed E-state index contributed by atoms with van der Waals surface area (Å²) in [6.07, 6.45) is 0.144. The summed E-state index contributed by atoms with van der Waals surface area (Å²) in [5.41, 5.74) is 0. The highest BCUT2D eigenvalue weighted by Gasteiger charge is 2.57. The number of esters is 1. The fourth-order valence-electron chi connectivity index (χ4n) is 1.55. The monoisotopic (exact) mass is 365 g/mol. The van der Waals surface area contributed by atoms with E-state index >= 15 is 0 Å². The number of ether oxygens (including phenoxy) is 2. The van der Waals surface area contributed by atoms with Crippen LogP contribution < -0.4 is 10.0 Å². The van der Waals surface area contributed by atoms with Crippen molar-refractivity contribution in [3.05, 3.63) is 24.3 Å². The number of benzene rings is 1. The molecule has 22 heavy (non-hydrogen) atoms. The Morgan fingerprint density at radius 2 is 1.86 bits per heavy atom. The van der Waals surface area contributed by atoms with Crippen LogP contribution in [-0.2, 0) is 14.1 Å². The van der Waals surface area contributed by atoms with Crippen LogP contribution in [0.5, 0.6) is 5.75 Å². The zero-order valence-corrected chi connectivity index (χ0v) is 15.4. The molecule has 0 aliphatic carbocycles. The van der Waals surface area contributed by atoms with E-state index < -0.39 is 17.8 Å². The Labute approximate surface area is 141 Å². The van der Waals surface area contributed by atoms with Gasteiger partial charge in [-0.1, -0.05) is 23.6 Å². The fraction of sp³-hybridized carbons (Fsp3) is 0.533. The van der Waals surface area contributed by atoms with Gasteiger partial charge >= 0.3 is 17.8 Å². The number of carbonyl (C=O) groups is 1. The zero-order chi connectivity index (χ0) is 16.9. The van der Waals surface area contributed by atoms with Gasteiger partial charge in [0.1, 0.15) is 0 Å². The first kappa shape index (κ1) is 19.2. The molecule has 2 atom stereocenters. The molecule has 0 N–H and O–H groups in total. The number of hydrogen-bond acceptors (Lipinski definition) is 4. The summed E-state index contributed by atoms with van der Waals surface area (Å²) in [6, 6.07) is 6.66.